The number of rotatable bonds is 4. The third-order valence-corrected chi connectivity index (χ3v) is 3.04. The Morgan fingerprint density at radius 1 is 1.38 bits per heavy atom. The van der Waals surface area contributed by atoms with E-state index in [9.17, 15) is 0 Å². The minimum atomic E-state index is -0.0435. The predicted octanol–water partition coefficient (Wildman–Crippen LogP) is 2.76. The van der Waals surface area contributed by atoms with Gasteiger partial charge in [-0.3, -0.25) is 0 Å². The predicted molar refractivity (Wildman–Crippen MR) is 63.9 cm³/mol. The molecule has 1 aliphatic carbocycles. The zero-order valence-corrected chi connectivity index (χ0v) is 9.75. The zero-order chi connectivity index (χ0) is 11.6. The first-order valence-electron chi connectivity index (χ1n) is 5.55. The van der Waals surface area contributed by atoms with Crippen LogP contribution in [-0.2, 0) is 5.41 Å². The molecule has 0 aromatic heterocycles. The Morgan fingerprint density at radius 3 is 2.62 bits per heavy atom. The van der Waals surface area contributed by atoms with E-state index in [1.807, 2.05) is 25.1 Å². The molecule has 84 valence electrons. The summed E-state index contributed by atoms with van der Waals surface area (Å²) in [6.45, 7) is 2.59. The zero-order valence-electron chi connectivity index (χ0n) is 9.75. The maximum absolute atomic E-state index is 5.57. The van der Waals surface area contributed by atoms with Gasteiger partial charge in [-0.15, -0.1) is 6.42 Å². The molecule has 0 aliphatic heterocycles. The number of benzene rings is 1. The van der Waals surface area contributed by atoms with Crippen LogP contribution < -0.4 is 9.47 Å². The summed E-state index contributed by atoms with van der Waals surface area (Å²) in [5.74, 6) is 4.42. The number of methoxy groups -OCH3 is 1. The number of terminal acetylenes is 1. The Bertz CT molecular complexity index is 425. The van der Waals surface area contributed by atoms with Gasteiger partial charge >= 0.3 is 0 Å². The first-order chi connectivity index (χ1) is 7.75. The third-order valence-electron chi connectivity index (χ3n) is 3.04. The average molecular weight is 216 g/mol. The summed E-state index contributed by atoms with van der Waals surface area (Å²) >= 11 is 0. The highest BCUT2D eigenvalue weighted by Crippen LogP contribution is 2.49. The lowest BCUT2D eigenvalue weighted by Crippen LogP contribution is -2.04. The van der Waals surface area contributed by atoms with Crippen LogP contribution in [0.1, 0.15) is 25.3 Å². The Labute approximate surface area is 96.6 Å². The quantitative estimate of drug-likeness (QED) is 0.720. The summed E-state index contributed by atoms with van der Waals surface area (Å²) in [7, 11) is 1.64. The van der Waals surface area contributed by atoms with Gasteiger partial charge in [0, 0.05) is 0 Å². The summed E-state index contributed by atoms with van der Waals surface area (Å²) in [5.41, 5.74) is 1.12. The van der Waals surface area contributed by atoms with E-state index < -0.39 is 0 Å². The Balaban J connectivity index is 2.36. The molecular formula is C14H16O2. The van der Waals surface area contributed by atoms with Crippen molar-refractivity contribution in [2.45, 2.75) is 25.2 Å². The van der Waals surface area contributed by atoms with Gasteiger partial charge in [0.25, 0.3) is 0 Å². The van der Waals surface area contributed by atoms with Crippen LogP contribution in [0, 0.1) is 12.3 Å². The second-order valence-electron chi connectivity index (χ2n) is 4.03. The van der Waals surface area contributed by atoms with Crippen molar-refractivity contribution in [2.75, 3.05) is 13.7 Å². The van der Waals surface area contributed by atoms with E-state index in [0.29, 0.717) is 6.61 Å². The van der Waals surface area contributed by atoms with Gasteiger partial charge in [-0.1, -0.05) is 12.0 Å². The lowest BCUT2D eigenvalue weighted by molar-refractivity contribution is 0.310. The molecule has 0 atom stereocenters. The van der Waals surface area contributed by atoms with Crippen molar-refractivity contribution in [1.82, 2.24) is 0 Å². The topological polar surface area (TPSA) is 18.5 Å². The van der Waals surface area contributed by atoms with Crippen molar-refractivity contribution in [3.05, 3.63) is 23.8 Å². The normalized spacial score (nSPS) is 16.3. The van der Waals surface area contributed by atoms with Crippen LogP contribution in [-0.4, -0.2) is 13.7 Å². The summed E-state index contributed by atoms with van der Waals surface area (Å²) in [5, 5.41) is 0. The van der Waals surface area contributed by atoms with Crippen LogP contribution in [0.4, 0.5) is 0 Å². The van der Waals surface area contributed by atoms with Crippen molar-refractivity contribution in [3.63, 3.8) is 0 Å². The van der Waals surface area contributed by atoms with E-state index in [0.717, 1.165) is 24.3 Å². The standard InChI is InChI=1S/C14H16O2/c1-4-14(8-9-14)11-6-7-12(15-3)13(10-11)16-5-2/h1,6-7,10H,5,8-9H2,2-3H3. The molecule has 0 heterocycles. The Hall–Kier alpha value is -1.62. The van der Waals surface area contributed by atoms with Gasteiger partial charge in [-0.2, -0.15) is 0 Å². The molecule has 2 nitrogen and oxygen atoms in total. The first-order valence-corrected chi connectivity index (χ1v) is 5.55. The highest BCUT2D eigenvalue weighted by molar-refractivity contribution is 5.50. The van der Waals surface area contributed by atoms with E-state index in [1.165, 1.54) is 5.56 Å². The van der Waals surface area contributed by atoms with Crippen molar-refractivity contribution in [1.29, 1.82) is 0 Å². The molecule has 1 saturated carbocycles. The molecule has 0 amide bonds. The molecule has 0 bridgehead atoms. The highest BCUT2D eigenvalue weighted by Gasteiger charge is 2.42. The van der Waals surface area contributed by atoms with Crippen molar-refractivity contribution in [2.24, 2.45) is 0 Å². The second-order valence-corrected chi connectivity index (χ2v) is 4.03. The van der Waals surface area contributed by atoms with Gasteiger partial charge in [0.05, 0.1) is 19.1 Å². The molecule has 0 saturated heterocycles. The van der Waals surface area contributed by atoms with Gasteiger partial charge < -0.3 is 9.47 Å². The van der Waals surface area contributed by atoms with Gasteiger partial charge in [0.1, 0.15) is 0 Å². The van der Waals surface area contributed by atoms with Crippen LogP contribution in [0.2, 0.25) is 0 Å². The lowest BCUT2D eigenvalue weighted by Gasteiger charge is -2.13. The molecule has 0 radical (unpaired) electrons. The summed E-state index contributed by atoms with van der Waals surface area (Å²) in [6, 6.07) is 5.97. The average Bonchev–Trinajstić information content (AvgIpc) is 3.10. The van der Waals surface area contributed by atoms with Crippen LogP contribution >= 0.6 is 0 Å². The molecule has 1 aliphatic rings. The SMILES string of the molecule is C#CC1(c2ccc(OC)c(OCC)c2)CC1. The van der Waals surface area contributed by atoms with E-state index in [-0.39, 0.29) is 5.41 Å². The van der Waals surface area contributed by atoms with E-state index in [2.05, 4.69) is 5.92 Å². The molecule has 0 unspecified atom stereocenters. The molecule has 0 N–H and O–H groups in total. The third kappa shape index (κ3) is 1.74. The van der Waals surface area contributed by atoms with Crippen molar-refractivity contribution < 1.29 is 9.47 Å². The van der Waals surface area contributed by atoms with Crippen LogP contribution in [0.15, 0.2) is 18.2 Å². The minimum absolute atomic E-state index is 0.0435. The van der Waals surface area contributed by atoms with Gasteiger partial charge in [0.2, 0.25) is 0 Å². The van der Waals surface area contributed by atoms with Crippen molar-refractivity contribution >= 4 is 0 Å². The number of hydrogen-bond acceptors (Lipinski definition) is 2. The summed E-state index contributed by atoms with van der Waals surface area (Å²) in [6.07, 6.45) is 7.71. The number of hydrogen-bond donors (Lipinski definition) is 0. The monoisotopic (exact) mass is 216 g/mol. The fourth-order valence-electron chi connectivity index (χ4n) is 1.88. The minimum Gasteiger partial charge on any atom is -0.493 e. The van der Waals surface area contributed by atoms with Gasteiger partial charge in [-0.05, 0) is 37.5 Å². The first kappa shape index (κ1) is 10.9. The molecule has 1 aromatic rings. The van der Waals surface area contributed by atoms with Crippen LogP contribution in [0.5, 0.6) is 11.5 Å². The van der Waals surface area contributed by atoms with E-state index >= 15 is 0 Å². The molecule has 1 fully saturated rings. The fourth-order valence-corrected chi connectivity index (χ4v) is 1.88. The molecule has 2 heteroatoms. The van der Waals surface area contributed by atoms with E-state index in [4.69, 9.17) is 15.9 Å². The molecule has 16 heavy (non-hydrogen) atoms. The van der Waals surface area contributed by atoms with E-state index in [1.54, 1.807) is 7.11 Å². The molecule has 2 rings (SSSR count). The summed E-state index contributed by atoms with van der Waals surface area (Å²) < 4.78 is 10.8. The van der Waals surface area contributed by atoms with Crippen LogP contribution in [0.25, 0.3) is 0 Å². The van der Waals surface area contributed by atoms with Crippen molar-refractivity contribution in [3.8, 4) is 23.8 Å². The van der Waals surface area contributed by atoms with Gasteiger partial charge in [-0.25, -0.2) is 0 Å². The smallest absolute Gasteiger partial charge is 0.161 e. The molecule has 0 spiro atoms. The van der Waals surface area contributed by atoms with Crippen LogP contribution in [0.3, 0.4) is 0 Å². The lowest BCUT2D eigenvalue weighted by atomic mass is 9.97. The number of ether oxygens (including phenoxy) is 2. The fraction of sp³-hybridized carbons (Fsp3) is 0.429. The summed E-state index contributed by atoms with van der Waals surface area (Å²) in [4.78, 5) is 0. The molecule has 1 aromatic carbocycles. The molecular weight excluding hydrogens is 200 g/mol. The Morgan fingerprint density at radius 2 is 2.12 bits per heavy atom. The maximum atomic E-state index is 5.57. The second kappa shape index (κ2) is 4.09. The maximum Gasteiger partial charge on any atom is 0.161 e. The Kier molecular flexibility index (Phi) is 2.78. The largest absolute Gasteiger partial charge is 0.493 e. The highest BCUT2D eigenvalue weighted by atomic mass is 16.5. The van der Waals surface area contributed by atoms with Gasteiger partial charge in [0.15, 0.2) is 11.5 Å².